The summed E-state index contributed by atoms with van der Waals surface area (Å²) in [6.07, 6.45) is 1.52. The van der Waals surface area contributed by atoms with Crippen molar-refractivity contribution >= 4 is 23.5 Å². The van der Waals surface area contributed by atoms with Crippen LogP contribution in [0.5, 0.6) is 0 Å². The Kier molecular flexibility index (Phi) is 3.42. The van der Waals surface area contributed by atoms with Gasteiger partial charge in [-0.1, -0.05) is 28.6 Å². The molecular formula is C9H14BrO3P. The van der Waals surface area contributed by atoms with Gasteiger partial charge in [-0.25, -0.2) is 0 Å². The van der Waals surface area contributed by atoms with Crippen LogP contribution in [-0.2, 0) is 13.6 Å². The second kappa shape index (κ2) is 3.93. The molecule has 1 heterocycles. The molecule has 0 amide bonds. The third kappa shape index (κ3) is 1.89. The SMILES string of the molecule is C=CC1=C(Br)C(C)(C)OP1(=O)OCC. The van der Waals surface area contributed by atoms with Crippen LogP contribution in [0.25, 0.3) is 0 Å². The van der Waals surface area contributed by atoms with Gasteiger partial charge in [0, 0.05) is 4.48 Å². The molecule has 1 aliphatic rings. The van der Waals surface area contributed by atoms with Crippen LogP contribution >= 0.6 is 23.5 Å². The van der Waals surface area contributed by atoms with Gasteiger partial charge in [0.2, 0.25) is 0 Å². The summed E-state index contributed by atoms with van der Waals surface area (Å²) in [5, 5.41) is 0.532. The molecule has 0 saturated carbocycles. The number of hydrogen-bond acceptors (Lipinski definition) is 3. The molecule has 14 heavy (non-hydrogen) atoms. The second-order valence-corrected chi connectivity index (χ2v) is 6.13. The molecule has 1 atom stereocenters. The fourth-order valence-corrected chi connectivity index (χ4v) is 4.36. The Morgan fingerprint density at radius 3 is 2.71 bits per heavy atom. The molecule has 1 rings (SSSR count). The summed E-state index contributed by atoms with van der Waals surface area (Å²) in [4.78, 5) is 0. The van der Waals surface area contributed by atoms with Gasteiger partial charge in [-0.05, 0) is 20.8 Å². The van der Waals surface area contributed by atoms with Crippen LogP contribution in [0.3, 0.4) is 0 Å². The lowest BCUT2D eigenvalue weighted by molar-refractivity contribution is 0.134. The normalized spacial score (nSPS) is 30.9. The van der Waals surface area contributed by atoms with E-state index in [1.807, 2.05) is 13.8 Å². The fraction of sp³-hybridized carbons (Fsp3) is 0.556. The van der Waals surface area contributed by atoms with Gasteiger partial charge in [-0.2, -0.15) is 0 Å². The maximum Gasteiger partial charge on any atom is 0.363 e. The van der Waals surface area contributed by atoms with Gasteiger partial charge in [0.25, 0.3) is 0 Å². The molecule has 5 heteroatoms. The molecule has 0 bridgehead atoms. The van der Waals surface area contributed by atoms with E-state index in [-0.39, 0.29) is 0 Å². The number of rotatable bonds is 3. The summed E-state index contributed by atoms with van der Waals surface area (Å²) in [6.45, 7) is 9.41. The van der Waals surface area contributed by atoms with E-state index in [0.717, 1.165) is 4.48 Å². The minimum atomic E-state index is -3.14. The lowest BCUT2D eigenvalue weighted by Gasteiger charge is -2.20. The molecule has 0 aromatic rings. The first-order valence-electron chi connectivity index (χ1n) is 4.36. The zero-order valence-corrected chi connectivity index (χ0v) is 11.0. The van der Waals surface area contributed by atoms with Crippen LogP contribution in [0.1, 0.15) is 20.8 Å². The predicted octanol–water partition coefficient (Wildman–Crippen LogP) is 3.82. The maximum absolute atomic E-state index is 12.2. The van der Waals surface area contributed by atoms with Gasteiger partial charge >= 0.3 is 7.60 Å². The van der Waals surface area contributed by atoms with Crippen molar-refractivity contribution in [1.29, 1.82) is 0 Å². The predicted molar refractivity (Wildman–Crippen MR) is 60.5 cm³/mol. The van der Waals surface area contributed by atoms with Crippen molar-refractivity contribution < 1.29 is 13.6 Å². The summed E-state index contributed by atoms with van der Waals surface area (Å²) in [5.74, 6) is 0. The minimum Gasteiger partial charge on any atom is -0.305 e. The maximum atomic E-state index is 12.2. The van der Waals surface area contributed by atoms with E-state index in [2.05, 4.69) is 22.5 Å². The zero-order valence-electron chi connectivity index (χ0n) is 8.54. The molecule has 0 N–H and O–H groups in total. The van der Waals surface area contributed by atoms with Gasteiger partial charge < -0.3 is 4.52 Å². The van der Waals surface area contributed by atoms with Crippen molar-refractivity contribution in [1.82, 2.24) is 0 Å². The number of hydrogen-bond donors (Lipinski definition) is 0. The lowest BCUT2D eigenvalue weighted by Crippen LogP contribution is -2.18. The summed E-state index contributed by atoms with van der Waals surface area (Å²) >= 11 is 3.36. The first-order valence-corrected chi connectivity index (χ1v) is 6.69. The summed E-state index contributed by atoms with van der Waals surface area (Å²) in [7, 11) is -3.14. The molecule has 0 aromatic carbocycles. The third-order valence-corrected chi connectivity index (χ3v) is 5.87. The molecular weight excluding hydrogens is 267 g/mol. The average Bonchev–Trinajstić information content (AvgIpc) is 2.19. The highest BCUT2D eigenvalue weighted by Gasteiger charge is 2.47. The summed E-state index contributed by atoms with van der Waals surface area (Å²) in [5.41, 5.74) is -0.603. The van der Waals surface area contributed by atoms with Crippen LogP contribution in [-0.4, -0.2) is 12.2 Å². The van der Waals surface area contributed by atoms with E-state index >= 15 is 0 Å². The first kappa shape index (κ1) is 12.2. The van der Waals surface area contributed by atoms with Gasteiger partial charge in [0.05, 0.1) is 11.9 Å². The van der Waals surface area contributed by atoms with Crippen molar-refractivity contribution in [3.05, 3.63) is 22.5 Å². The highest BCUT2D eigenvalue weighted by Crippen LogP contribution is 2.67. The first-order chi connectivity index (χ1) is 6.37. The Bertz CT molecular complexity index is 333. The van der Waals surface area contributed by atoms with Crippen molar-refractivity contribution in [3.8, 4) is 0 Å². The monoisotopic (exact) mass is 280 g/mol. The molecule has 1 aliphatic heterocycles. The summed E-state index contributed by atoms with van der Waals surface area (Å²) < 4.78 is 23.6. The average molecular weight is 281 g/mol. The molecule has 3 nitrogen and oxygen atoms in total. The van der Waals surface area contributed by atoms with Crippen LogP contribution in [0.4, 0.5) is 0 Å². The topological polar surface area (TPSA) is 35.5 Å². The second-order valence-electron chi connectivity index (χ2n) is 3.42. The summed E-state index contributed by atoms with van der Waals surface area (Å²) in [6, 6.07) is 0. The quantitative estimate of drug-likeness (QED) is 0.738. The van der Waals surface area contributed by atoms with Crippen molar-refractivity contribution in [3.63, 3.8) is 0 Å². The molecule has 0 aliphatic carbocycles. The van der Waals surface area contributed by atoms with E-state index in [0.29, 0.717) is 11.9 Å². The van der Waals surface area contributed by atoms with Crippen LogP contribution < -0.4 is 0 Å². The van der Waals surface area contributed by atoms with Crippen LogP contribution in [0.15, 0.2) is 22.5 Å². The lowest BCUT2D eigenvalue weighted by atomic mass is 10.1. The zero-order chi connectivity index (χ0) is 11.0. The van der Waals surface area contributed by atoms with Crippen molar-refractivity contribution in [2.24, 2.45) is 0 Å². The Hall–Kier alpha value is 0.110. The van der Waals surface area contributed by atoms with Gasteiger partial charge in [0.1, 0.15) is 5.60 Å². The molecule has 0 aromatic heterocycles. The molecule has 1 unspecified atom stereocenters. The molecule has 0 fully saturated rings. The molecule has 80 valence electrons. The Labute approximate surface area is 92.8 Å². The van der Waals surface area contributed by atoms with Gasteiger partial charge in [-0.3, -0.25) is 9.09 Å². The largest absolute Gasteiger partial charge is 0.363 e. The third-order valence-electron chi connectivity index (χ3n) is 1.89. The molecule has 0 saturated heterocycles. The highest BCUT2D eigenvalue weighted by molar-refractivity contribution is 9.11. The molecule has 0 spiro atoms. The van der Waals surface area contributed by atoms with Gasteiger partial charge in [-0.15, -0.1) is 0 Å². The smallest absolute Gasteiger partial charge is 0.305 e. The minimum absolute atomic E-state index is 0.352. The molecule has 0 radical (unpaired) electrons. The highest BCUT2D eigenvalue weighted by atomic mass is 79.9. The fourth-order valence-electron chi connectivity index (χ4n) is 1.29. The van der Waals surface area contributed by atoms with E-state index in [9.17, 15) is 4.57 Å². The van der Waals surface area contributed by atoms with Crippen LogP contribution in [0.2, 0.25) is 0 Å². The van der Waals surface area contributed by atoms with Crippen molar-refractivity contribution in [2.45, 2.75) is 26.4 Å². The Morgan fingerprint density at radius 2 is 2.29 bits per heavy atom. The number of halogens is 1. The van der Waals surface area contributed by atoms with Crippen LogP contribution in [0, 0.1) is 0 Å². The van der Waals surface area contributed by atoms with Crippen molar-refractivity contribution in [2.75, 3.05) is 6.61 Å². The Morgan fingerprint density at radius 1 is 1.71 bits per heavy atom. The standard InChI is InChI=1S/C9H14BrO3P/c1-5-7-8(10)9(3,4)13-14(7,11)12-6-2/h5H,1,6H2,2-4H3. The van der Waals surface area contributed by atoms with Gasteiger partial charge in [0.15, 0.2) is 0 Å². The Balaban J connectivity index is 3.18. The van der Waals surface area contributed by atoms with E-state index in [4.69, 9.17) is 9.05 Å². The van der Waals surface area contributed by atoms with E-state index in [1.54, 1.807) is 6.92 Å². The van der Waals surface area contributed by atoms with E-state index < -0.39 is 13.2 Å². The van der Waals surface area contributed by atoms with E-state index in [1.165, 1.54) is 6.08 Å². The number of allylic oxidation sites excluding steroid dienone is 2.